The molecule has 0 spiro atoms. The molecule has 0 amide bonds. The van der Waals surface area contributed by atoms with Crippen LogP contribution in [0.2, 0.25) is 0 Å². The smallest absolute Gasteiger partial charge is 0.260 e. The van der Waals surface area contributed by atoms with Crippen LogP contribution in [-0.4, -0.2) is 25.7 Å². The topological polar surface area (TPSA) is 86.9 Å². The van der Waals surface area contributed by atoms with Crippen LogP contribution in [-0.2, 0) is 23.1 Å². The van der Waals surface area contributed by atoms with E-state index in [1.165, 1.54) is 18.2 Å². The van der Waals surface area contributed by atoms with Crippen molar-refractivity contribution in [3.8, 4) is 0 Å². The van der Waals surface area contributed by atoms with E-state index in [2.05, 4.69) is 20.2 Å². The highest BCUT2D eigenvalue weighted by Gasteiger charge is 2.23. The maximum atomic E-state index is 13.1. The van der Waals surface area contributed by atoms with Crippen molar-refractivity contribution in [2.45, 2.75) is 25.0 Å². The SMILES string of the molecule is CNCc1c(S(=O)(=O)NCc2cccc(F)c2)n[nH]c1C. The fraction of sp³-hybridized carbons (Fsp3) is 0.308. The molecule has 0 bridgehead atoms. The van der Waals surface area contributed by atoms with Gasteiger partial charge in [0.2, 0.25) is 0 Å². The standard InChI is InChI=1S/C13H17FN4O2S/c1-9-12(8-15-2)13(18-17-9)21(19,20)16-7-10-4-3-5-11(14)6-10/h3-6,15-16H,7-8H2,1-2H3,(H,17,18). The minimum atomic E-state index is -3.76. The molecule has 1 aromatic heterocycles. The molecule has 2 rings (SSSR count). The van der Waals surface area contributed by atoms with E-state index in [1.54, 1.807) is 20.0 Å². The highest BCUT2D eigenvalue weighted by molar-refractivity contribution is 7.89. The third-order valence-corrected chi connectivity index (χ3v) is 4.37. The summed E-state index contributed by atoms with van der Waals surface area (Å²) in [4.78, 5) is 0. The molecule has 0 fully saturated rings. The van der Waals surface area contributed by atoms with Gasteiger partial charge in [-0.1, -0.05) is 12.1 Å². The van der Waals surface area contributed by atoms with Gasteiger partial charge in [0.15, 0.2) is 5.03 Å². The quantitative estimate of drug-likeness (QED) is 0.744. The molecular weight excluding hydrogens is 295 g/mol. The normalized spacial score (nSPS) is 11.8. The minimum absolute atomic E-state index is 0.00495. The number of hydrogen-bond donors (Lipinski definition) is 3. The number of aryl methyl sites for hydroxylation is 1. The van der Waals surface area contributed by atoms with Gasteiger partial charge in [0, 0.05) is 24.3 Å². The molecular formula is C13H17FN4O2S. The Hall–Kier alpha value is -1.77. The second kappa shape index (κ2) is 6.33. The van der Waals surface area contributed by atoms with Gasteiger partial charge in [0.05, 0.1) is 0 Å². The molecule has 0 aliphatic rings. The van der Waals surface area contributed by atoms with Crippen molar-refractivity contribution in [2.75, 3.05) is 7.05 Å². The fourth-order valence-electron chi connectivity index (χ4n) is 1.93. The van der Waals surface area contributed by atoms with E-state index in [0.29, 0.717) is 23.4 Å². The lowest BCUT2D eigenvalue weighted by Crippen LogP contribution is -2.25. The molecule has 2 aromatic rings. The molecule has 3 N–H and O–H groups in total. The van der Waals surface area contributed by atoms with Gasteiger partial charge in [-0.15, -0.1) is 0 Å². The van der Waals surface area contributed by atoms with Crippen LogP contribution in [0, 0.1) is 12.7 Å². The Morgan fingerprint density at radius 2 is 2.10 bits per heavy atom. The van der Waals surface area contributed by atoms with Gasteiger partial charge in [-0.2, -0.15) is 5.10 Å². The number of benzene rings is 1. The van der Waals surface area contributed by atoms with Crippen molar-refractivity contribution in [1.82, 2.24) is 20.2 Å². The number of hydrogen-bond acceptors (Lipinski definition) is 4. The van der Waals surface area contributed by atoms with Crippen molar-refractivity contribution in [3.63, 3.8) is 0 Å². The van der Waals surface area contributed by atoms with Crippen molar-refractivity contribution < 1.29 is 12.8 Å². The molecule has 0 aliphatic heterocycles. The summed E-state index contributed by atoms with van der Waals surface area (Å²) in [5.41, 5.74) is 1.82. The molecule has 1 heterocycles. The predicted octanol–water partition coefficient (Wildman–Crippen LogP) is 1.06. The Labute approximate surface area is 122 Å². The average molecular weight is 312 g/mol. The van der Waals surface area contributed by atoms with Gasteiger partial charge < -0.3 is 5.32 Å². The summed E-state index contributed by atoms with van der Waals surface area (Å²) in [6.07, 6.45) is 0. The lowest BCUT2D eigenvalue weighted by molar-refractivity contribution is 0.574. The number of aromatic amines is 1. The molecule has 6 nitrogen and oxygen atoms in total. The first kappa shape index (κ1) is 15.6. The molecule has 0 aliphatic carbocycles. The Balaban J connectivity index is 2.19. The van der Waals surface area contributed by atoms with Crippen LogP contribution in [0.15, 0.2) is 29.3 Å². The number of H-pyrrole nitrogens is 1. The van der Waals surface area contributed by atoms with E-state index < -0.39 is 15.8 Å². The van der Waals surface area contributed by atoms with Crippen LogP contribution >= 0.6 is 0 Å². The molecule has 0 unspecified atom stereocenters. The summed E-state index contributed by atoms with van der Waals surface area (Å²) >= 11 is 0. The van der Waals surface area contributed by atoms with Gasteiger partial charge in [0.1, 0.15) is 5.82 Å². The third-order valence-electron chi connectivity index (χ3n) is 3.00. The minimum Gasteiger partial charge on any atom is -0.316 e. The zero-order chi connectivity index (χ0) is 15.5. The average Bonchev–Trinajstić information content (AvgIpc) is 2.80. The molecule has 0 saturated carbocycles. The number of rotatable bonds is 6. The molecule has 8 heteroatoms. The monoisotopic (exact) mass is 312 g/mol. The molecule has 0 radical (unpaired) electrons. The Morgan fingerprint density at radius 3 is 2.76 bits per heavy atom. The number of nitrogens with zero attached hydrogens (tertiary/aromatic N) is 1. The van der Waals surface area contributed by atoms with Crippen LogP contribution < -0.4 is 10.0 Å². The molecule has 0 saturated heterocycles. The predicted molar refractivity (Wildman–Crippen MR) is 76.5 cm³/mol. The van der Waals surface area contributed by atoms with E-state index in [4.69, 9.17) is 0 Å². The van der Waals surface area contributed by atoms with Crippen molar-refractivity contribution in [2.24, 2.45) is 0 Å². The summed E-state index contributed by atoms with van der Waals surface area (Å²) in [7, 11) is -2.03. The summed E-state index contributed by atoms with van der Waals surface area (Å²) < 4.78 is 40.1. The first-order valence-electron chi connectivity index (χ1n) is 6.36. The summed E-state index contributed by atoms with van der Waals surface area (Å²) in [5, 5.41) is 9.38. The van der Waals surface area contributed by atoms with Gasteiger partial charge in [-0.25, -0.2) is 17.5 Å². The Bertz CT molecular complexity index is 728. The van der Waals surface area contributed by atoms with Crippen LogP contribution in [0.5, 0.6) is 0 Å². The Morgan fingerprint density at radius 1 is 1.33 bits per heavy atom. The Kier molecular flexibility index (Phi) is 4.71. The van der Waals surface area contributed by atoms with E-state index >= 15 is 0 Å². The number of sulfonamides is 1. The van der Waals surface area contributed by atoms with E-state index in [0.717, 1.165) is 0 Å². The maximum Gasteiger partial charge on any atom is 0.260 e. The molecule has 1 aromatic carbocycles. The van der Waals surface area contributed by atoms with Gasteiger partial charge in [-0.3, -0.25) is 5.10 Å². The summed E-state index contributed by atoms with van der Waals surface area (Å²) in [5.74, 6) is -0.404. The molecule has 21 heavy (non-hydrogen) atoms. The zero-order valence-corrected chi connectivity index (χ0v) is 12.6. The third kappa shape index (κ3) is 3.66. The van der Waals surface area contributed by atoms with Crippen LogP contribution in [0.4, 0.5) is 4.39 Å². The van der Waals surface area contributed by atoms with Gasteiger partial charge in [0.25, 0.3) is 10.0 Å². The van der Waals surface area contributed by atoms with Gasteiger partial charge >= 0.3 is 0 Å². The fourth-order valence-corrected chi connectivity index (χ4v) is 3.14. The maximum absolute atomic E-state index is 13.1. The lowest BCUT2D eigenvalue weighted by atomic mass is 10.2. The second-order valence-electron chi connectivity index (χ2n) is 4.62. The first-order chi connectivity index (χ1) is 9.94. The second-order valence-corrected chi connectivity index (χ2v) is 6.30. The van der Waals surface area contributed by atoms with Crippen molar-refractivity contribution >= 4 is 10.0 Å². The number of nitrogens with one attached hydrogen (secondary N) is 3. The first-order valence-corrected chi connectivity index (χ1v) is 7.85. The van der Waals surface area contributed by atoms with Crippen LogP contribution in [0.25, 0.3) is 0 Å². The summed E-state index contributed by atoms with van der Waals surface area (Å²) in [6.45, 7) is 2.15. The molecule has 0 atom stereocenters. The van der Waals surface area contributed by atoms with Crippen molar-refractivity contribution in [3.05, 3.63) is 46.9 Å². The van der Waals surface area contributed by atoms with E-state index in [9.17, 15) is 12.8 Å². The van der Waals surface area contributed by atoms with E-state index in [-0.39, 0.29) is 11.6 Å². The number of halogens is 1. The molecule has 114 valence electrons. The number of aromatic nitrogens is 2. The highest BCUT2D eigenvalue weighted by Crippen LogP contribution is 2.16. The van der Waals surface area contributed by atoms with Crippen molar-refractivity contribution in [1.29, 1.82) is 0 Å². The van der Waals surface area contributed by atoms with Crippen LogP contribution in [0.1, 0.15) is 16.8 Å². The zero-order valence-electron chi connectivity index (χ0n) is 11.8. The van der Waals surface area contributed by atoms with E-state index in [1.807, 2.05) is 0 Å². The largest absolute Gasteiger partial charge is 0.316 e. The summed E-state index contributed by atoms with van der Waals surface area (Å²) in [6, 6.07) is 5.77. The lowest BCUT2D eigenvalue weighted by Gasteiger charge is -2.07. The highest BCUT2D eigenvalue weighted by atomic mass is 32.2. The van der Waals surface area contributed by atoms with Gasteiger partial charge in [-0.05, 0) is 31.7 Å². The van der Waals surface area contributed by atoms with Crippen LogP contribution in [0.3, 0.4) is 0 Å².